The predicted octanol–water partition coefficient (Wildman–Crippen LogP) is 3.32. The quantitative estimate of drug-likeness (QED) is 0.334. The Bertz CT molecular complexity index is 1320. The largest absolute Gasteiger partial charge is 0.508 e. The van der Waals surface area contributed by atoms with Gasteiger partial charge in [-0.2, -0.15) is 5.10 Å². The standard InChI is InChI=1S/C20H12N4O7/c25-11-3-5-14-15(8-11)19(13-4-2-12(26)9-16(13)20(14)27)22-21-17-6-1-10(23(28)29)7-18(17)24(30)31/h1-9,21,25-26H. The van der Waals surface area contributed by atoms with E-state index in [4.69, 9.17) is 0 Å². The van der Waals surface area contributed by atoms with E-state index in [1.165, 1.54) is 36.4 Å². The number of phenols is 2. The molecule has 0 fully saturated rings. The number of ketones is 1. The van der Waals surface area contributed by atoms with E-state index in [0.717, 1.165) is 18.2 Å². The van der Waals surface area contributed by atoms with Gasteiger partial charge >= 0.3 is 5.69 Å². The SMILES string of the molecule is O=C1c2cc(O)ccc2C(=NNc2ccc([N+](=O)[O-])cc2[N+](=O)[O-])c2cc(O)ccc21. The number of hydrazone groups is 1. The second-order valence-corrected chi connectivity index (χ2v) is 6.58. The zero-order valence-electron chi connectivity index (χ0n) is 15.5. The van der Waals surface area contributed by atoms with Gasteiger partial charge in [0.15, 0.2) is 5.78 Å². The van der Waals surface area contributed by atoms with Crippen LogP contribution in [0.1, 0.15) is 27.0 Å². The summed E-state index contributed by atoms with van der Waals surface area (Å²) in [5, 5.41) is 46.2. The van der Waals surface area contributed by atoms with E-state index in [2.05, 4.69) is 10.5 Å². The van der Waals surface area contributed by atoms with Gasteiger partial charge in [0.1, 0.15) is 17.2 Å². The van der Waals surface area contributed by atoms with E-state index in [1.54, 1.807) is 0 Å². The maximum absolute atomic E-state index is 12.8. The summed E-state index contributed by atoms with van der Waals surface area (Å²) in [5.41, 5.74) is 2.58. The van der Waals surface area contributed by atoms with Gasteiger partial charge in [-0.3, -0.25) is 30.4 Å². The van der Waals surface area contributed by atoms with Crippen LogP contribution in [0.2, 0.25) is 0 Å². The summed E-state index contributed by atoms with van der Waals surface area (Å²) in [6.45, 7) is 0. The van der Waals surface area contributed by atoms with Gasteiger partial charge in [-0.25, -0.2) is 0 Å². The van der Waals surface area contributed by atoms with Crippen molar-refractivity contribution in [3.63, 3.8) is 0 Å². The van der Waals surface area contributed by atoms with Crippen LogP contribution in [0, 0.1) is 20.2 Å². The Hall–Kier alpha value is -4.80. The third-order valence-corrected chi connectivity index (χ3v) is 4.68. The lowest BCUT2D eigenvalue weighted by Crippen LogP contribution is -2.22. The van der Waals surface area contributed by atoms with Gasteiger partial charge in [-0.05, 0) is 42.5 Å². The van der Waals surface area contributed by atoms with Crippen LogP contribution in [-0.4, -0.2) is 31.6 Å². The third-order valence-electron chi connectivity index (χ3n) is 4.68. The minimum absolute atomic E-state index is 0.109. The van der Waals surface area contributed by atoms with Crippen molar-refractivity contribution in [3.8, 4) is 11.5 Å². The summed E-state index contributed by atoms with van der Waals surface area (Å²) in [6.07, 6.45) is 0. The number of nitrogens with zero attached hydrogens (tertiary/aromatic N) is 3. The van der Waals surface area contributed by atoms with Crippen molar-refractivity contribution in [1.82, 2.24) is 0 Å². The summed E-state index contributed by atoms with van der Waals surface area (Å²) in [7, 11) is 0. The van der Waals surface area contributed by atoms with Crippen molar-refractivity contribution in [2.24, 2.45) is 5.10 Å². The van der Waals surface area contributed by atoms with Gasteiger partial charge in [0.25, 0.3) is 5.69 Å². The lowest BCUT2D eigenvalue weighted by Gasteiger charge is -2.21. The van der Waals surface area contributed by atoms with Crippen LogP contribution in [0.25, 0.3) is 0 Å². The minimum atomic E-state index is -0.786. The van der Waals surface area contributed by atoms with E-state index < -0.39 is 21.2 Å². The molecule has 3 aromatic rings. The Morgan fingerprint density at radius 1 is 0.774 bits per heavy atom. The molecule has 1 aliphatic rings. The van der Waals surface area contributed by atoms with E-state index in [-0.39, 0.29) is 45.4 Å². The van der Waals surface area contributed by atoms with Crippen molar-refractivity contribution >= 4 is 28.6 Å². The van der Waals surface area contributed by atoms with E-state index in [1.807, 2.05) is 0 Å². The molecule has 4 rings (SSSR count). The number of nitro benzene ring substituents is 2. The molecule has 0 aliphatic heterocycles. The molecule has 0 amide bonds. The average molecular weight is 420 g/mol. The molecule has 0 heterocycles. The summed E-state index contributed by atoms with van der Waals surface area (Å²) in [6, 6.07) is 11.2. The number of fused-ring (bicyclic) bond motifs is 2. The zero-order chi connectivity index (χ0) is 22.3. The molecule has 0 saturated carbocycles. The molecule has 0 spiro atoms. The van der Waals surface area contributed by atoms with Crippen LogP contribution in [-0.2, 0) is 0 Å². The molecule has 1 aliphatic carbocycles. The van der Waals surface area contributed by atoms with Crippen LogP contribution in [0.5, 0.6) is 11.5 Å². The molecular formula is C20H12N4O7. The second kappa shape index (κ2) is 7.22. The molecule has 3 aromatic carbocycles. The zero-order valence-corrected chi connectivity index (χ0v) is 15.5. The number of hydrogen-bond donors (Lipinski definition) is 3. The first-order chi connectivity index (χ1) is 14.8. The van der Waals surface area contributed by atoms with E-state index in [0.29, 0.717) is 5.56 Å². The monoisotopic (exact) mass is 420 g/mol. The minimum Gasteiger partial charge on any atom is -0.508 e. The Morgan fingerprint density at radius 2 is 1.42 bits per heavy atom. The fraction of sp³-hybridized carbons (Fsp3) is 0. The van der Waals surface area contributed by atoms with Crippen molar-refractivity contribution in [3.05, 3.63) is 97.1 Å². The number of rotatable bonds is 4. The van der Waals surface area contributed by atoms with Crippen LogP contribution < -0.4 is 5.43 Å². The first kappa shape index (κ1) is 19.5. The van der Waals surface area contributed by atoms with E-state index in [9.17, 15) is 35.2 Å². The van der Waals surface area contributed by atoms with Crippen molar-refractivity contribution in [1.29, 1.82) is 0 Å². The van der Waals surface area contributed by atoms with Crippen LogP contribution in [0.15, 0.2) is 59.7 Å². The smallest absolute Gasteiger partial charge is 0.301 e. The molecular weight excluding hydrogens is 408 g/mol. The molecule has 0 unspecified atom stereocenters. The number of phenolic OH excluding ortho intramolecular Hbond substituents is 2. The highest BCUT2D eigenvalue weighted by Gasteiger charge is 2.29. The lowest BCUT2D eigenvalue weighted by atomic mass is 9.83. The normalized spacial score (nSPS) is 13.4. The predicted molar refractivity (Wildman–Crippen MR) is 109 cm³/mol. The number of benzene rings is 3. The third kappa shape index (κ3) is 3.40. The number of nitro groups is 2. The maximum atomic E-state index is 12.8. The highest BCUT2D eigenvalue weighted by molar-refractivity contribution is 6.30. The molecule has 0 atom stereocenters. The van der Waals surface area contributed by atoms with Gasteiger partial charge in [-0.15, -0.1) is 0 Å². The van der Waals surface area contributed by atoms with E-state index >= 15 is 0 Å². The van der Waals surface area contributed by atoms with Gasteiger partial charge in [-0.1, -0.05) is 0 Å². The van der Waals surface area contributed by atoms with Crippen molar-refractivity contribution in [2.75, 3.05) is 5.43 Å². The number of anilines is 1. The second-order valence-electron chi connectivity index (χ2n) is 6.58. The molecule has 0 bridgehead atoms. The highest BCUT2D eigenvalue weighted by Crippen LogP contribution is 2.33. The number of carbonyl (C=O) groups is 1. The summed E-state index contributed by atoms with van der Waals surface area (Å²) in [5.74, 6) is -0.642. The number of non-ortho nitro benzene ring substituents is 1. The number of aromatic hydroxyl groups is 2. The van der Waals surface area contributed by atoms with Crippen molar-refractivity contribution in [2.45, 2.75) is 0 Å². The average Bonchev–Trinajstić information content (AvgIpc) is 2.73. The molecule has 3 N–H and O–H groups in total. The Labute approximate surface area is 173 Å². The number of nitrogens with one attached hydrogen (secondary N) is 1. The number of hydrogen-bond acceptors (Lipinski definition) is 9. The van der Waals surface area contributed by atoms with Crippen LogP contribution in [0.4, 0.5) is 17.1 Å². The highest BCUT2D eigenvalue weighted by atomic mass is 16.6. The first-order valence-corrected chi connectivity index (χ1v) is 8.74. The molecule has 154 valence electrons. The topological polar surface area (TPSA) is 168 Å². The maximum Gasteiger partial charge on any atom is 0.301 e. The molecule has 31 heavy (non-hydrogen) atoms. The van der Waals surface area contributed by atoms with Crippen molar-refractivity contribution < 1.29 is 24.9 Å². The van der Waals surface area contributed by atoms with Gasteiger partial charge < -0.3 is 10.2 Å². The Balaban J connectivity index is 1.86. The first-order valence-electron chi connectivity index (χ1n) is 8.74. The fourth-order valence-corrected chi connectivity index (χ4v) is 3.26. The summed E-state index contributed by atoms with van der Waals surface area (Å²) >= 11 is 0. The Morgan fingerprint density at radius 3 is 2.06 bits per heavy atom. The van der Waals surface area contributed by atoms with Gasteiger partial charge in [0.05, 0.1) is 21.6 Å². The molecule has 0 saturated heterocycles. The molecule has 0 radical (unpaired) electrons. The fourth-order valence-electron chi connectivity index (χ4n) is 3.26. The summed E-state index contributed by atoms with van der Waals surface area (Å²) < 4.78 is 0. The molecule has 11 heteroatoms. The van der Waals surface area contributed by atoms with Gasteiger partial charge in [0.2, 0.25) is 0 Å². The molecule has 11 nitrogen and oxygen atoms in total. The van der Waals surface area contributed by atoms with Crippen LogP contribution >= 0.6 is 0 Å². The van der Waals surface area contributed by atoms with Crippen LogP contribution in [0.3, 0.4) is 0 Å². The number of carbonyl (C=O) groups excluding carboxylic acids is 1. The lowest BCUT2D eigenvalue weighted by molar-refractivity contribution is -0.393. The van der Waals surface area contributed by atoms with Gasteiger partial charge in [0, 0.05) is 28.3 Å². The Kier molecular flexibility index (Phi) is 4.55. The summed E-state index contributed by atoms with van der Waals surface area (Å²) in [4.78, 5) is 33.6. The molecule has 0 aromatic heterocycles.